The van der Waals surface area contributed by atoms with Gasteiger partial charge in [0.2, 0.25) is 0 Å². The molecule has 0 bridgehead atoms. The molecule has 144 valence electrons. The fraction of sp³-hybridized carbons (Fsp3) is 0.182. The van der Waals surface area contributed by atoms with E-state index in [2.05, 4.69) is 38.4 Å². The molecule has 3 aromatic rings. The molecule has 6 heteroatoms. The Hall–Kier alpha value is -2.61. The van der Waals surface area contributed by atoms with Crippen LogP contribution in [-0.2, 0) is 4.79 Å². The maximum Gasteiger partial charge on any atom is 0.259 e. The van der Waals surface area contributed by atoms with Crippen LogP contribution in [0.1, 0.15) is 19.4 Å². The summed E-state index contributed by atoms with van der Waals surface area (Å²) in [5, 5.41) is 9.33. The van der Waals surface area contributed by atoms with Crippen molar-refractivity contribution < 1.29 is 9.53 Å². The maximum absolute atomic E-state index is 12.1. The molecule has 0 fully saturated rings. The fourth-order valence-electron chi connectivity index (χ4n) is 2.72. The molecule has 2 N–H and O–H groups in total. The highest BCUT2D eigenvalue weighted by atomic mass is 127. The standard InChI is InChI=1S/C22H22IN3O2/c1-15(2)28-21-12-7-16-5-3-4-6-19(16)20(21)13-25-26-22(27)14-24-18-10-8-17(23)9-11-18/h3-13,15,24H,14H2,1-2H3,(H,26,27)/b25-13-. The first-order valence-corrected chi connectivity index (χ1v) is 10.1. The van der Waals surface area contributed by atoms with Crippen LogP contribution >= 0.6 is 22.6 Å². The van der Waals surface area contributed by atoms with Crippen LogP contribution in [0.5, 0.6) is 5.75 Å². The van der Waals surface area contributed by atoms with Gasteiger partial charge in [0.15, 0.2) is 0 Å². The molecule has 0 aliphatic carbocycles. The predicted octanol–water partition coefficient (Wildman–Crippen LogP) is 4.79. The van der Waals surface area contributed by atoms with Gasteiger partial charge in [-0.25, -0.2) is 5.43 Å². The number of amides is 1. The Morgan fingerprint density at radius 1 is 1.11 bits per heavy atom. The summed E-state index contributed by atoms with van der Waals surface area (Å²) in [7, 11) is 0. The summed E-state index contributed by atoms with van der Waals surface area (Å²) >= 11 is 2.24. The number of nitrogens with one attached hydrogen (secondary N) is 2. The van der Waals surface area contributed by atoms with Crippen LogP contribution in [0.15, 0.2) is 65.8 Å². The van der Waals surface area contributed by atoms with Gasteiger partial charge in [-0.3, -0.25) is 4.79 Å². The quantitative estimate of drug-likeness (QED) is 0.286. The smallest absolute Gasteiger partial charge is 0.259 e. The molecule has 28 heavy (non-hydrogen) atoms. The average molecular weight is 487 g/mol. The van der Waals surface area contributed by atoms with Crippen LogP contribution in [-0.4, -0.2) is 24.8 Å². The van der Waals surface area contributed by atoms with Crippen LogP contribution in [0.2, 0.25) is 0 Å². The van der Waals surface area contributed by atoms with Crippen molar-refractivity contribution in [3.63, 3.8) is 0 Å². The van der Waals surface area contributed by atoms with Crippen molar-refractivity contribution in [2.75, 3.05) is 11.9 Å². The van der Waals surface area contributed by atoms with Gasteiger partial charge in [0, 0.05) is 14.8 Å². The van der Waals surface area contributed by atoms with E-state index in [0.717, 1.165) is 31.3 Å². The lowest BCUT2D eigenvalue weighted by Crippen LogP contribution is -2.25. The van der Waals surface area contributed by atoms with Gasteiger partial charge in [-0.05, 0) is 77.5 Å². The lowest BCUT2D eigenvalue weighted by atomic mass is 10.0. The number of ether oxygens (including phenoxy) is 1. The molecule has 0 aromatic heterocycles. The van der Waals surface area contributed by atoms with Crippen molar-refractivity contribution in [1.82, 2.24) is 5.43 Å². The second kappa shape index (κ2) is 9.54. The van der Waals surface area contributed by atoms with E-state index in [1.807, 2.05) is 74.5 Å². The zero-order valence-corrected chi connectivity index (χ0v) is 17.9. The normalized spacial score (nSPS) is 11.1. The molecule has 0 atom stereocenters. The number of halogens is 1. The Labute approximate surface area is 178 Å². The molecule has 0 saturated heterocycles. The highest BCUT2D eigenvalue weighted by Crippen LogP contribution is 2.27. The van der Waals surface area contributed by atoms with Crippen LogP contribution in [0, 0.1) is 3.57 Å². The summed E-state index contributed by atoms with van der Waals surface area (Å²) in [5.41, 5.74) is 4.30. The molecule has 0 heterocycles. The molecular formula is C22H22IN3O2. The number of rotatable bonds is 7. The first kappa shape index (κ1) is 20.1. The topological polar surface area (TPSA) is 62.7 Å². The molecule has 3 rings (SSSR count). The van der Waals surface area contributed by atoms with E-state index >= 15 is 0 Å². The minimum absolute atomic E-state index is 0.0426. The number of anilines is 1. The Bertz CT molecular complexity index is 985. The number of carbonyl (C=O) groups is 1. The van der Waals surface area contributed by atoms with Crippen molar-refractivity contribution in [1.29, 1.82) is 0 Å². The fourth-order valence-corrected chi connectivity index (χ4v) is 3.08. The molecule has 0 aliphatic rings. The minimum atomic E-state index is -0.221. The number of hydrogen-bond donors (Lipinski definition) is 2. The van der Waals surface area contributed by atoms with Gasteiger partial charge in [-0.2, -0.15) is 5.10 Å². The van der Waals surface area contributed by atoms with Crippen molar-refractivity contribution in [2.45, 2.75) is 20.0 Å². The third-order valence-electron chi connectivity index (χ3n) is 3.97. The summed E-state index contributed by atoms with van der Waals surface area (Å²) in [6.07, 6.45) is 1.68. The average Bonchev–Trinajstić information content (AvgIpc) is 2.68. The maximum atomic E-state index is 12.1. The second-order valence-corrected chi connectivity index (χ2v) is 7.76. The Morgan fingerprint density at radius 2 is 1.86 bits per heavy atom. The van der Waals surface area contributed by atoms with Crippen molar-refractivity contribution in [3.05, 3.63) is 69.8 Å². The lowest BCUT2D eigenvalue weighted by molar-refractivity contribution is -0.119. The highest BCUT2D eigenvalue weighted by molar-refractivity contribution is 14.1. The molecule has 1 amide bonds. The lowest BCUT2D eigenvalue weighted by Gasteiger charge is -2.14. The Balaban J connectivity index is 1.69. The van der Waals surface area contributed by atoms with Crippen molar-refractivity contribution >= 4 is 51.2 Å². The first-order valence-electron chi connectivity index (χ1n) is 9.02. The van der Waals surface area contributed by atoms with Gasteiger partial charge >= 0.3 is 0 Å². The van der Waals surface area contributed by atoms with E-state index in [1.165, 1.54) is 0 Å². The van der Waals surface area contributed by atoms with E-state index in [4.69, 9.17) is 4.74 Å². The second-order valence-electron chi connectivity index (χ2n) is 6.52. The van der Waals surface area contributed by atoms with E-state index < -0.39 is 0 Å². The Morgan fingerprint density at radius 3 is 2.61 bits per heavy atom. The molecule has 3 aromatic carbocycles. The molecular weight excluding hydrogens is 465 g/mol. The zero-order chi connectivity index (χ0) is 19.9. The SMILES string of the molecule is CC(C)Oc1ccc2ccccc2c1/C=N\NC(=O)CNc1ccc(I)cc1. The van der Waals surface area contributed by atoms with E-state index in [9.17, 15) is 4.79 Å². The number of benzene rings is 3. The first-order chi connectivity index (χ1) is 13.5. The van der Waals surface area contributed by atoms with Gasteiger partial charge in [0.1, 0.15) is 5.75 Å². The van der Waals surface area contributed by atoms with Gasteiger partial charge in [0.25, 0.3) is 5.91 Å². The van der Waals surface area contributed by atoms with Gasteiger partial charge in [-0.15, -0.1) is 0 Å². The summed E-state index contributed by atoms with van der Waals surface area (Å²) < 4.78 is 7.05. The number of nitrogens with zero attached hydrogens (tertiary/aromatic N) is 1. The van der Waals surface area contributed by atoms with Gasteiger partial charge in [-0.1, -0.05) is 30.3 Å². The van der Waals surface area contributed by atoms with Gasteiger partial charge in [0.05, 0.1) is 18.9 Å². The molecule has 0 saturated carbocycles. The third-order valence-corrected chi connectivity index (χ3v) is 4.69. The van der Waals surface area contributed by atoms with Gasteiger partial charge < -0.3 is 10.1 Å². The predicted molar refractivity (Wildman–Crippen MR) is 123 cm³/mol. The largest absolute Gasteiger partial charge is 0.490 e. The van der Waals surface area contributed by atoms with Crippen LogP contribution in [0.3, 0.4) is 0 Å². The number of hydrogen-bond acceptors (Lipinski definition) is 4. The minimum Gasteiger partial charge on any atom is -0.490 e. The number of carbonyl (C=O) groups excluding carboxylic acids is 1. The van der Waals surface area contributed by atoms with E-state index in [-0.39, 0.29) is 18.6 Å². The van der Waals surface area contributed by atoms with Crippen LogP contribution in [0.4, 0.5) is 5.69 Å². The molecule has 5 nitrogen and oxygen atoms in total. The molecule has 0 radical (unpaired) electrons. The molecule has 0 spiro atoms. The summed E-state index contributed by atoms with van der Waals surface area (Å²) in [6, 6.07) is 19.8. The summed E-state index contributed by atoms with van der Waals surface area (Å²) in [6.45, 7) is 4.10. The highest BCUT2D eigenvalue weighted by Gasteiger charge is 2.09. The summed E-state index contributed by atoms with van der Waals surface area (Å²) in [4.78, 5) is 12.1. The molecule has 0 aliphatic heterocycles. The zero-order valence-electron chi connectivity index (χ0n) is 15.8. The molecule has 0 unspecified atom stereocenters. The van der Waals surface area contributed by atoms with Crippen molar-refractivity contribution in [2.24, 2.45) is 5.10 Å². The third kappa shape index (κ3) is 5.45. The van der Waals surface area contributed by atoms with Crippen molar-refractivity contribution in [3.8, 4) is 5.75 Å². The van der Waals surface area contributed by atoms with Crippen LogP contribution < -0.4 is 15.5 Å². The van der Waals surface area contributed by atoms with E-state index in [1.54, 1.807) is 6.21 Å². The summed E-state index contributed by atoms with van der Waals surface area (Å²) in [5.74, 6) is 0.519. The van der Waals surface area contributed by atoms with E-state index in [0.29, 0.717) is 0 Å². The number of fused-ring (bicyclic) bond motifs is 1. The number of hydrazone groups is 1. The Kier molecular flexibility index (Phi) is 6.86. The van der Waals surface area contributed by atoms with Crippen LogP contribution in [0.25, 0.3) is 10.8 Å². The monoisotopic (exact) mass is 487 g/mol.